The van der Waals surface area contributed by atoms with Crippen molar-refractivity contribution in [1.29, 1.82) is 5.41 Å². The summed E-state index contributed by atoms with van der Waals surface area (Å²) in [5.74, 6) is -0.596. The first kappa shape index (κ1) is 49.0. The number of ether oxygens (including phenoxy) is 1. The van der Waals surface area contributed by atoms with Crippen molar-refractivity contribution in [3.63, 3.8) is 0 Å². The second-order valence-electron chi connectivity index (χ2n) is 16.4. The van der Waals surface area contributed by atoms with E-state index in [9.17, 15) is 34.8 Å². The molecule has 0 radical (unpaired) electrons. The molecule has 1 amide bonds. The number of halogens is 4. The number of sulfone groups is 1. The van der Waals surface area contributed by atoms with Gasteiger partial charge in [-0.2, -0.15) is 13.2 Å². The van der Waals surface area contributed by atoms with E-state index >= 15 is 0 Å². The number of alkyl halides is 3. The monoisotopic (exact) mass is 981 g/mol. The molecule has 3 N–H and O–H groups in total. The number of carbonyl (C=O) groups is 1. The number of nitrogens with zero attached hydrogens (tertiary/aromatic N) is 2. The van der Waals surface area contributed by atoms with Crippen molar-refractivity contribution in [2.45, 2.75) is 58.3 Å². The molecule has 0 bridgehead atoms. The normalized spacial score (nSPS) is 16.3. The van der Waals surface area contributed by atoms with E-state index in [0.29, 0.717) is 74.9 Å². The van der Waals surface area contributed by atoms with Gasteiger partial charge >= 0.3 is 5.51 Å². The number of nitrogens with one attached hydrogen (secondary N) is 3. The van der Waals surface area contributed by atoms with Gasteiger partial charge in [0, 0.05) is 77.3 Å². The number of rotatable bonds is 17. The van der Waals surface area contributed by atoms with Crippen LogP contribution >= 0.6 is 23.4 Å². The number of carbonyl (C=O) groups excluding carboxylic acids is 1. The van der Waals surface area contributed by atoms with Crippen LogP contribution in [-0.4, -0.2) is 96.6 Å². The third-order valence-corrected chi connectivity index (χ3v) is 16.2. The lowest BCUT2D eigenvalue weighted by atomic mass is 9.75. The molecule has 5 aromatic rings. The fourth-order valence-corrected chi connectivity index (χ4v) is 11.6. The van der Waals surface area contributed by atoms with Crippen molar-refractivity contribution < 1.29 is 39.5 Å². The number of hydrogen-bond donors (Lipinski definition) is 3. The van der Waals surface area contributed by atoms with E-state index in [1.165, 1.54) is 23.9 Å². The molecule has 2 atom stereocenters. The topological polar surface area (TPSA) is 149 Å². The zero-order chi connectivity index (χ0) is 47.1. The van der Waals surface area contributed by atoms with Crippen LogP contribution in [-0.2, 0) is 24.6 Å². The first-order valence-corrected chi connectivity index (χ1v) is 25.8. The Balaban J connectivity index is 1.04. The predicted molar refractivity (Wildman–Crippen MR) is 255 cm³/mol. The molecule has 0 aromatic heterocycles. The summed E-state index contributed by atoms with van der Waals surface area (Å²) in [7, 11) is -10.9. The molecule has 11 nitrogen and oxygen atoms in total. The molecule has 0 aliphatic carbocycles. The first-order valence-electron chi connectivity index (χ1n) is 21.5. The van der Waals surface area contributed by atoms with Crippen molar-refractivity contribution in [1.82, 2.24) is 9.62 Å². The fraction of sp³-hybridized carbons (Fsp3) is 0.333. The largest absolute Gasteiger partial charge is 0.501 e. The molecule has 2 fully saturated rings. The van der Waals surface area contributed by atoms with Gasteiger partial charge in [-0.05, 0) is 116 Å². The number of sulfonamides is 1. The number of amides is 1. The second-order valence-corrected chi connectivity index (χ2v) is 21.5. The van der Waals surface area contributed by atoms with E-state index in [-0.39, 0.29) is 17.4 Å². The van der Waals surface area contributed by atoms with Crippen LogP contribution in [0.4, 0.5) is 24.5 Å². The van der Waals surface area contributed by atoms with Gasteiger partial charge in [-0.1, -0.05) is 66.2 Å². The molecular weight excluding hydrogens is 931 g/mol. The van der Waals surface area contributed by atoms with Crippen LogP contribution in [0, 0.1) is 11.3 Å². The van der Waals surface area contributed by atoms with Gasteiger partial charge in [-0.3, -0.25) is 9.69 Å². The Labute approximate surface area is 393 Å². The Hall–Kier alpha value is -4.91. The Morgan fingerprint density at radius 3 is 2.17 bits per heavy atom. The van der Waals surface area contributed by atoms with Crippen molar-refractivity contribution >= 4 is 66.2 Å². The summed E-state index contributed by atoms with van der Waals surface area (Å²) in [5, 5.41) is 12.4. The van der Waals surface area contributed by atoms with Crippen LogP contribution in [0.25, 0.3) is 11.1 Å². The van der Waals surface area contributed by atoms with Gasteiger partial charge in [0.05, 0.1) is 23.8 Å². The third-order valence-electron chi connectivity index (χ3n) is 12.0. The first-order chi connectivity index (χ1) is 31.5. The minimum Gasteiger partial charge on any atom is -0.380 e. The van der Waals surface area contributed by atoms with Crippen molar-refractivity contribution in [2.75, 3.05) is 61.9 Å². The van der Waals surface area contributed by atoms with Gasteiger partial charge in [-0.25, -0.2) is 21.6 Å². The average molecular weight is 983 g/mol. The van der Waals surface area contributed by atoms with E-state index in [4.69, 9.17) is 21.7 Å². The zero-order valence-corrected chi connectivity index (χ0v) is 39.3. The van der Waals surface area contributed by atoms with E-state index < -0.39 is 52.8 Å². The summed E-state index contributed by atoms with van der Waals surface area (Å²) < 4.78 is 103. The van der Waals surface area contributed by atoms with E-state index in [2.05, 4.69) is 27.2 Å². The van der Waals surface area contributed by atoms with E-state index in [1.54, 1.807) is 12.1 Å². The molecule has 66 heavy (non-hydrogen) atoms. The molecule has 2 aliphatic heterocycles. The lowest BCUT2D eigenvalue weighted by Gasteiger charge is -2.38. The highest BCUT2D eigenvalue weighted by atomic mass is 35.5. The van der Waals surface area contributed by atoms with Crippen LogP contribution < -0.4 is 14.9 Å². The van der Waals surface area contributed by atoms with Crippen LogP contribution in [0.3, 0.4) is 0 Å². The maximum Gasteiger partial charge on any atom is 0.501 e. The summed E-state index contributed by atoms with van der Waals surface area (Å²) in [6, 6.07) is 33.3. The number of piperidine rings is 1. The number of thioether (sulfide) groups is 1. The van der Waals surface area contributed by atoms with Crippen molar-refractivity contribution in [3.05, 3.63) is 137 Å². The Morgan fingerprint density at radius 1 is 0.864 bits per heavy atom. The van der Waals surface area contributed by atoms with Crippen molar-refractivity contribution in [3.8, 4) is 11.1 Å². The molecule has 0 spiro atoms. The minimum atomic E-state index is -6.07. The average Bonchev–Trinajstić information content (AvgIpc) is 3.31. The maximum absolute atomic E-state index is 14.2. The van der Waals surface area contributed by atoms with Gasteiger partial charge in [0.15, 0.2) is 0 Å². The molecular formula is C48H51ClF3N5O6S3. The lowest BCUT2D eigenvalue weighted by Crippen LogP contribution is -2.39. The van der Waals surface area contributed by atoms with Crippen molar-refractivity contribution in [2.24, 2.45) is 5.92 Å². The van der Waals surface area contributed by atoms with Crippen LogP contribution in [0.2, 0.25) is 5.02 Å². The summed E-state index contributed by atoms with van der Waals surface area (Å²) in [6.07, 6.45) is 2.01. The van der Waals surface area contributed by atoms with Gasteiger partial charge in [0.25, 0.3) is 25.8 Å². The highest BCUT2D eigenvalue weighted by Crippen LogP contribution is 2.40. The molecule has 0 saturated carbocycles. The number of benzene rings is 5. The van der Waals surface area contributed by atoms with Crippen LogP contribution in [0.5, 0.6) is 0 Å². The number of morpholine rings is 1. The Bertz CT molecular complexity index is 2700. The van der Waals surface area contributed by atoms with Gasteiger partial charge in [-0.15, -0.1) is 11.8 Å². The highest BCUT2D eigenvalue weighted by molar-refractivity contribution is 7.99. The third kappa shape index (κ3) is 12.0. The SMILES string of the molecule is CC(=N)[C@H](c1ccccc1-c1ccc(Cl)cc1)C1CCN(c2ccc(C(=O)NS(=O)(=O)c3ccc(N[C@H](CCN4CCOCC4)CSc4ccccc4)c(S(=O)(=O)C(F)(F)F)c3)cc2)CC1. The number of anilines is 2. The molecule has 18 heteroatoms. The van der Waals surface area contributed by atoms with Gasteiger partial charge < -0.3 is 20.4 Å². The fourth-order valence-electron chi connectivity index (χ4n) is 8.49. The molecule has 2 aliphatic rings. The summed E-state index contributed by atoms with van der Waals surface area (Å²) >= 11 is 7.61. The van der Waals surface area contributed by atoms with Crippen LogP contribution in [0.1, 0.15) is 48.0 Å². The van der Waals surface area contributed by atoms with Gasteiger partial charge in [0.2, 0.25) is 0 Å². The standard InChI is InChI=1S/C48H51ClF3N5O6S3/c1-33(53)46(43-10-6-5-9-42(43)34-11-15-37(49)16-12-34)35-21-25-57(26-22-35)39-17-13-36(14-18-39)47(58)55-66(61,62)41-19-20-44(45(31-41)65(59,60)48(50,51)52)54-38(23-24-56-27-29-63-30-28-56)32-64-40-7-3-2-4-8-40/h2-20,31,35,38,46,53-54H,21-30,32H2,1H3,(H,55,58)/t38-,46+/m1/s1. The molecule has 350 valence electrons. The Kier molecular flexibility index (Phi) is 15.9. The zero-order valence-electron chi connectivity index (χ0n) is 36.1. The second kappa shape index (κ2) is 21.4. The lowest BCUT2D eigenvalue weighted by molar-refractivity contribution is -0.0435. The molecule has 2 heterocycles. The molecule has 5 aromatic carbocycles. The molecule has 0 unspecified atom stereocenters. The molecule has 7 rings (SSSR count). The minimum absolute atomic E-state index is 0.0315. The van der Waals surface area contributed by atoms with Crippen LogP contribution in [0.15, 0.2) is 136 Å². The summed E-state index contributed by atoms with van der Waals surface area (Å²) in [4.78, 5) is 16.5. The van der Waals surface area contributed by atoms with Gasteiger partial charge in [0.1, 0.15) is 4.90 Å². The smallest absolute Gasteiger partial charge is 0.380 e. The van der Waals surface area contributed by atoms with E-state index in [1.807, 2.05) is 78.4 Å². The summed E-state index contributed by atoms with van der Waals surface area (Å²) in [6.45, 7) is 6.17. The highest BCUT2D eigenvalue weighted by Gasteiger charge is 2.48. The quantitative estimate of drug-likeness (QED) is 0.0608. The molecule has 2 saturated heterocycles. The maximum atomic E-state index is 14.2. The predicted octanol–water partition coefficient (Wildman–Crippen LogP) is 9.75. The Morgan fingerprint density at radius 2 is 1.52 bits per heavy atom. The summed E-state index contributed by atoms with van der Waals surface area (Å²) in [5.41, 5.74) is -1.67. The number of hydrogen-bond acceptors (Lipinski definition) is 11. The van der Waals surface area contributed by atoms with E-state index in [0.717, 1.165) is 52.2 Å².